The highest BCUT2D eigenvalue weighted by atomic mass is 79.9. The molecule has 1 aromatic rings. The first-order chi connectivity index (χ1) is 8.67. The minimum Gasteiger partial charge on any atom is -0.378 e. The Balaban J connectivity index is 2.09. The number of aromatic nitrogens is 2. The lowest BCUT2D eigenvalue weighted by Gasteiger charge is -2.33. The highest BCUT2D eigenvalue weighted by Crippen LogP contribution is 2.28. The monoisotopic (exact) mass is 315 g/mol. The van der Waals surface area contributed by atoms with Gasteiger partial charge in [-0.2, -0.15) is 5.10 Å². The number of alkyl halides is 1. The number of hydrogen-bond donors (Lipinski definition) is 0. The van der Waals surface area contributed by atoms with Crippen molar-refractivity contribution in [3.63, 3.8) is 0 Å². The van der Waals surface area contributed by atoms with Crippen LogP contribution < -0.4 is 4.90 Å². The second kappa shape index (κ2) is 6.06. The van der Waals surface area contributed by atoms with Crippen molar-refractivity contribution < 1.29 is 4.74 Å². The van der Waals surface area contributed by atoms with Gasteiger partial charge in [0.1, 0.15) is 5.82 Å². The zero-order valence-corrected chi connectivity index (χ0v) is 13.0. The number of anilines is 1. The van der Waals surface area contributed by atoms with Crippen molar-refractivity contribution in [2.45, 2.75) is 38.1 Å². The predicted molar refractivity (Wildman–Crippen MR) is 77.4 cm³/mol. The Bertz CT molecular complexity index is 397. The van der Waals surface area contributed by atoms with Crippen LogP contribution in [0, 0.1) is 6.92 Å². The third-order valence-corrected chi connectivity index (χ3v) is 4.15. The fourth-order valence-electron chi connectivity index (χ4n) is 2.71. The number of piperidine rings is 1. The molecule has 0 unspecified atom stereocenters. The van der Waals surface area contributed by atoms with Crippen LogP contribution in [-0.4, -0.2) is 35.6 Å². The molecule has 1 aromatic heterocycles. The molecule has 2 heterocycles. The standard InChI is InChI=1S/C13H22BrN3O/c1-4-18-11-5-7-17(8-6-11)13-12(9-14)10(2)15-16(13)3/h11H,4-9H2,1-3H3. The molecule has 0 bridgehead atoms. The third-order valence-electron chi connectivity index (χ3n) is 3.59. The van der Waals surface area contributed by atoms with E-state index in [0.29, 0.717) is 6.10 Å². The van der Waals surface area contributed by atoms with Crippen molar-refractivity contribution >= 4 is 21.7 Å². The molecule has 1 aliphatic rings. The molecule has 4 nitrogen and oxygen atoms in total. The van der Waals surface area contributed by atoms with Crippen LogP contribution in [0.5, 0.6) is 0 Å². The molecule has 0 spiro atoms. The maximum atomic E-state index is 5.70. The number of hydrogen-bond acceptors (Lipinski definition) is 3. The first-order valence-electron chi connectivity index (χ1n) is 6.62. The van der Waals surface area contributed by atoms with Gasteiger partial charge in [0.15, 0.2) is 0 Å². The summed E-state index contributed by atoms with van der Waals surface area (Å²) in [5.41, 5.74) is 2.43. The van der Waals surface area contributed by atoms with Crippen molar-refractivity contribution in [1.29, 1.82) is 0 Å². The van der Waals surface area contributed by atoms with E-state index in [2.05, 4.69) is 39.8 Å². The van der Waals surface area contributed by atoms with E-state index in [4.69, 9.17) is 4.74 Å². The highest BCUT2D eigenvalue weighted by molar-refractivity contribution is 9.08. The molecule has 18 heavy (non-hydrogen) atoms. The second-order valence-electron chi connectivity index (χ2n) is 4.79. The maximum Gasteiger partial charge on any atom is 0.130 e. The van der Waals surface area contributed by atoms with Gasteiger partial charge >= 0.3 is 0 Å². The molecule has 2 rings (SSSR count). The third kappa shape index (κ3) is 2.72. The molecular formula is C13H22BrN3O. The minimum absolute atomic E-state index is 0.438. The summed E-state index contributed by atoms with van der Waals surface area (Å²) < 4.78 is 7.71. The van der Waals surface area contributed by atoms with Crippen LogP contribution in [0.3, 0.4) is 0 Å². The van der Waals surface area contributed by atoms with Gasteiger partial charge in [-0.1, -0.05) is 15.9 Å². The van der Waals surface area contributed by atoms with Gasteiger partial charge in [0.05, 0.1) is 11.8 Å². The van der Waals surface area contributed by atoms with Crippen molar-refractivity contribution in [3.05, 3.63) is 11.3 Å². The molecule has 1 aliphatic heterocycles. The summed E-state index contributed by atoms with van der Waals surface area (Å²) in [6.07, 6.45) is 2.66. The Morgan fingerprint density at radius 3 is 2.61 bits per heavy atom. The molecular weight excluding hydrogens is 294 g/mol. The predicted octanol–water partition coefficient (Wildman–Crippen LogP) is 2.63. The summed E-state index contributed by atoms with van der Waals surface area (Å²) in [6, 6.07) is 0. The van der Waals surface area contributed by atoms with Crippen LogP contribution in [-0.2, 0) is 17.1 Å². The van der Waals surface area contributed by atoms with E-state index >= 15 is 0 Å². The number of ether oxygens (including phenoxy) is 1. The van der Waals surface area contributed by atoms with Crippen LogP contribution in [0.1, 0.15) is 31.0 Å². The van der Waals surface area contributed by atoms with Gasteiger partial charge in [0, 0.05) is 37.6 Å². The Kier molecular flexibility index (Phi) is 4.67. The minimum atomic E-state index is 0.438. The summed E-state index contributed by atoms with van der Waals surface area (Å²) in [4.78, 5) is 2.44. The van der Waals surface area contributed by atoms with Crippen LogP contribution in [0.25, 0.3) is 0 Å². The molecule has 0 aliphatic carbocycles. The molecule has 5 heteroatoms. The van der Waals surface area contributed by atoms with Crippen molar-refractivity contribution in [2.75, 3.05) is 24.6 Å². The smallest absolute Gasteiger partial charge is 0.130 e. The maximum absolute atomic E-state index is 5.70. The SMILES string of the molecule is CCOC1CCN(c2c(CBr)c(C)nn2C)CC1. The molecule has 0 aromatic carbocycles. The number of nitrogens with zero attached hydrogens (tertiary/aromatic N) is 3. The van der Waals surface area contributed by atoms with E-state index in [1.807, 2.05) is 11.7 Å². The molecule has 0 radical (unpaired) electrons. The quantitative estimate of drug-likeness (QED) is 0.800. The van der Waals surface area contributed by atoms with Crippen LogP contribution in [0.15, 0.2) is 0 Å². The van der Waals surface area contributed by atoms with Crippen molar-refractivity contribution in [3.8, 4) is 0 Å². The summed E-state index contributed by atoms with van der Waals surface area (Å²) in [5.74, 6) is 1.26. The lowest BCUT2D eigenvalue weighted by Crippen LogP contribution is -2.38. The molecule has 1 saturated heterocycles. The molecule has 0 N–H and O–H groups in total. The average molecular weight is 316 g/mol. The van der Waals surface area contributed by atoms with Crippen LogP contribution in [0.2, 0.25) is 0 Å². The number of aryl methyl sites for hydroxylation is 2. The van der Waals surface area contributed by atoms with E-state index in [9.17, 15) is 0 Å². The zero-order valence-electron chi connectivity index (χ0n) is 11.4. The summed E-state index contributed by atoms with van der Waals surface area (Å²) in [7, 11) is 2.03. The topological polar surface area (TPSA) is 30.3 Å². The normalized spacial score (nSPS) is 17.4. The van der Waals surface area contributed by atoms with Gasteiger partial charge in [-0.25, -0.2) is 0 Å². The first kappa shape index (κ1) is 13.9. The molecule has 0 saturated carbocycles. The average Bonchev–Trinajstić information content (AvgIpc) is 2.65. The molecule has 0 amide bonds. The Morgan fingerprint density at radius 1 is 1.39 bits per heavy atom. The second-order valence-corrected chi connectivity index (χ2v) is 5.35. The summed E-state index contributed by atoms with van der Waals surface area (Å²) >= 11 is 3.57. The summed E-state index contributed by atoms with van der Waals surface area (Å²) in [5, 5.41) is 5.39. The first-order valence-corrected chi connectivity index (χ1v) is 7.74. The van der Waals surface area contributed by atoms with Crippen LogP contribution in [0.4, 0.5) is 5.82 Å². The molecule has 102 valence electrons. The zero-order chi connectivity index (χ0) is 13.1. The Morgan fingerprint density at radius 2 is 2.06 bits per heavy atom. The fourth-order valence-corrected chi connectivity index (χ4v) is 3.37. The number of halogens is 1. The van der Waals surface area contributed by atoms with Crippen molar-refractivity contribution in [1.82, 2.24) is 9.78 Å². The Hall–Kier alpha value is -0.550. The van der Waals surface area contributed by atoms with Gasteiger partial charge in [-0.05, 0) is 26.7 Å². The Labute approximate surface area is 117 Å². The molecule has 0 atom stereocenters. The van der Waals surface area contributed by atoms with Gasteiger partial charge in [0.2, 0.25) is 0 Å². The van der Waals surface area contributed by atoms with E-state index in [1.165, 1.54) is 11.4 Å². The van der Waals surface area contributed by atoms with Gasteiger partial charge in [0.25, 0.3) is 0 Å². The largest absolute Gasteiger partial charge is 0.378 e. The van der Waals surface area contributed by atoms with E-state index < -0.39 is 0 Å². The van der Waals surface area contributed by atoms with E-state index in [0.717, 1.165) is 43.6 Å². The highest BCUT2D eigenvalue weighted by Gasteiger charge is 2.24. The van der Waals surface area contributed by atoms with E-state index in [1.54, 1.807) is 0 Å². The van der Waals surface area contributed by atoms with Crippen molar-refractivity contribution in [2.24, 2.45) is 7.05 Å². The van der Waals surface area contributed by atoms with E-state index in [-0.39, 0.29) is 0 Å². The summed E-state index contributed by atoms with van der Waals surface area (Å²) in [6.45, 7) is 7.09. The van der Waals surface area contributed by atoms with Gasteiger partial charge in [-0.15, -0.1) is 0 Å². The lowest BCUT2D eigenvalue weighted by atomic mass is 10.1. The number of rotatable bonds is 4. The lowest BCUT2D eigenvalue weighted by molar-refractivity contribution is 0.0457. The molecule has 1 fully saturated rings. The fraction of sp³-hybridized carbons (Fsp3) is 0.769. The van der Waals surface area contributed by atoms with Gasteiger partial charge < -0.3 is 9.64 Å². The van der Waals surface area contributed by atoms with Gasteiger partial charge in [-0.3, -0.25) is 4.68 Å². The van der Waals surface area contributed by atoms with Crippen LogP contribution >= 0.6 is 15.9 Å².